The number of hydrogen-bond acceptors (Lipinski definition) is 2. The zero-order valence-corrected chi connectivity index (χ0v) is 13.4. The minimum absolute atomic E-state index is 0.0867. The van der Waals surface area contributed by atoms with E-state index in [0.717, 1.165) is 18.9 Å². The Bertz CT molecular complexity index is 278. The van der Waals surface area contributed by atoms with Crippen molar-refractivity contribution in [3.8, 4) is 0 Å². The van der Waals surface area contributed by atoms with Crippen LogP contribution in [0.2, 0.25) is 0 Å². The van der Waals surface area contributed by atoms with Crippen molar-refractivity contribution in [1.82, 2.24) is 10.2 Å². The predicted octanol–water partition coefficient (Wildman–Crippen LogP) is 3.05. The number of nitrogens with zero attached hydrogens (tertiary/aromatic N) is 1. The minimum atomic E-state index is 0.0867. The lowest BCUT2D eigenvalue weighted by atomic mass is 9.89. The van der Waals surface area contributed by atoms with E-state index in [4.69, 9.17) is 0 Å². The number of piperidine rings is 1. The van der Waals surface area contributed by atoms with E-state index in [2.05, 4.69) is 31.0 Å². The van der Waals surface area contributed by atoms with Crippen LogP contribution in [0, 0.1) is 11.8 Å². The fourth-order valence-corrected chi connectivity index (χ4v) is 2.95. The lowest BCUT2D eigenvalue weighted by molar-refractivity contribution is -0.125. The van der Waals surface area contributed by atoms with Crippen molar-refractivity contribution in [2.45, 2.75) is 72.4 Å². The van der Waals surface area contributed by atoms with Gasteiger partial charge in [0.15, 0.2) is 0 Å². The van der Waals surface area contributed by atoms with Crippen LogP contribution in [0.1, 0.15) is 60.3 Å². The van der Waals surface area contributed by atoms with Gasteiger partial charge in [-0.1, -0.05) is 34.1 Å². The molecule has 1 rings (SSSR count). The number of carbonyl (C=O) groups excluding carboxylic acids is 1. The Hall–Kier alpha value is -0.570. The first kappa shape index (κ1) is 16.5. The van der Waals surface area contributed by atoms with Gasteiger partial charge in [0.1, 0.15) is 0 Å². The number of likely N-dealkylation sites (tertiary alicyclic amines) is 1. The quantitative estimate of drug-likeness (QED) is 0.803. The molecule has 1 N–H and O–H groups in total. The topological polar surface area (TPSA) is 32.3 Å². The van der Waals surface area contributed by atoms with Crippen molar-refractivity contribution in [3.63, 3.8) is 0 Å². The van der Waals surface area contributed by atoms with Crippen LogP contribution in [0.4, 0.5) is 0 Å². The molecular weight excluding hydrogens is 236 g/mol. The van der Waals surface area contributed by atoms with Crippen molar-refractivity contribution in [2.75, 3.05) is 13.1 Å². The molecule has 1 aliphatic heterocycles. The van der Waals surface area contributed by atoms with E-state index in [1.807, 2.05) is 13.8 Å². The van der Waals surface area contributed by atoms with Gasteiger partial charge in [0.05, 0.1) is 0 Å². The first-order valence-corrected chi connectivity index (χ1v) is 8.02. The summed E-state index contributed by atoms with van der Waals surface area (Å²) in [5.74, 6) is 1.03. The standard InChI is InChI=1S/C16H32N2O/c1-6-8-14-9-15(17-16(19)12(3)4)11-18(10-14)13(5)7-2/h12-15H,6-11H2,1-5H3,(H,17,19). The van der Waals surface area contributed by atoms with E-state index < -0.39 is 0 Å². The summed E-state index contributed by atoms with van der Waals surface area (Å²) < 4.78 is 0. The summed E-state index contributed by atoms with van der Waals surface area (Å²) >= 11 is 0. The van der Waals surface area contributed by atoms with Gasteiger partial charge in [0.25, 0.3) is 0 Å². The van der Waals surface area contributed by atoms with E-state index in [1.54, 1.807) is 0 Å². The van der Waals surface area contributed by atoms with Crippen LogP contribution in [-0.2, 0) is 4.79 Å². The Morgan fingerprint density at radius 1 is 1.26 bits per heavy atom. The zero-order valence-electron chi connectivity index (χ0n) is 13.4. The molecule has 0 bridgehead atoms. The van der Waals surface area contributed by atoms with E-state index in [0.29, 0.717) is 12.1 Å². The third-order valence-electron chi connectivity index (χ3n) is 4.35. The number of rotatable bonds is 6. The molecule has 1 saturated heterocycles. The second-order valence-electron chi connectivity index (χ2n) is 6.46. The molecule has 0 aromatic rings. The second kappa shape index (κ2) is 7.88. The molecule has 3 heteroatoms. The largest absolute Gasteiger partial charge is 0.352 e. The van der Waals surface area contributed by atoms with Crippen molar-refractivity contribution in [1.29, 1.82) is 0 Å². The maximum Gasteiger partial charge on any atom is 0.222 e. The van der Waals surface area contributed by atoms with Crippen molar-refractivity contribution < 1.29 is 4.79 Å². The highest BCUT2D eigenvalue weighted by atomic mass is 16.1. The highest BCUT2D eigenvalue weighted by Crippen LogP contribution is 2.23. The van der Waals surface area contributed by atoms with Gasteiger partial charge in [-0.25, -0.2) is 0 Å². The minimum Gasteiger partial charge on any atom is -0.352 e. The first-order chi connectivity index (χ1) is 8.97. The summed E-state index contributed by atoms with van der Waals surface area (Å²) in [6.45, 7) is 13.0. The van der Waals surface area contributed by atoms with Gasteiger partial charge in [0, 0.05) is 31.1 Å². The summed E-state index contributed by atoms with van der Waals surface area (Å²) in [5.41, 5.74) is 0. The van der Waals surface area contributed by atoms with Crippen molar-refractivity contribution >= 4 is 5.91 Å². The molecule has 0 aliphatic carbocycles. The van der Waals surface area contributed by atoms with Crippen LogP contribution < -0.4 is 5.32 Å². The number of nitrogens with one attached hydrogen (secondary N) is 1. The fourth-order valence-electron chi connectivity index (χ4n) is 2.95. The molecule has 1 fully saturated rings. The first-order valence-electron chi connectivity index (χ1n) is 8.02. The van der Waals surface area contributed by atoms with Gasteiger partial charge in [-0.05, 0) is 32.1 Å². The maximum absolute atomic E-state index is 11.9. The van der Waals surface area contributed by atoms with Crippen molar-refractivity contribution in [3.05, 3.63) is 0 Å². The van der Waals surface area contributed by atoms with Gasteiger partial charge >= 0.3 is 0 Å². The van der Waals surface area contributed by atoms with Crippen LogP contribution in [0.15, 0.2) is 0 Å². The van der Waals surface area contributed by atoms with Crippen LogP contribution in [0.5, 0.6) is 0 Å². The van der Waals surface area contributed by atoms with Gasteiger partial charge in [0.2, 0.25) is 5.91 Å². The van der Waals surface area contributed by atoms with Gasteiger partial charge in [-0.3, -0.25) is 9.69 Å². The molecule has 0 aromatic carbocycles. The summed E-state index contributed by atoms with van der Waals surface area (Å²) in [7, 11) is 0. The Labute approximate surface area is 119 Å². The Kier molecular flexibility index (Phi) is 6.84. The maximum atomic E-state index is 11.9. The summed E-state index contributed by atoms with van der Waals surface area (Å²) in [6, 6.07) is 0.965. The molecule has 3 nitrogen and oxygen atoms in total. The SMILES string of the molecule is CCCC1CC(NC(=O)C(C)C)CN(C(C)CC)C1. The third kappa shape index (κ3) is 5.13. The normalized spacial score (nSPS) is 26.4. The monoisotopic (exact) mass is 268 g/mol. The molecule has 1 heterocycles. The van der Waals surface area contributed by atoms with E-state index in [1.165, 1.54) is 25.8 Å². The van der Waals surface area contributed by atoms with E-state index >= 15 is 0 Å². The summed E-state index contributed by atoms with van der Waals surface area (Å²) in [5, 5.41) is 3.24. The smallest absolute Gasteiger partial charge is 0.222 e. The van der Waals surface area contributed by atoms with E-state index in [9.17, 15) is 4.79 Å². The lowest BCUT2D eigenvalue weighted by Crippen LogP contribution is -2.53. The Balaban J connectivity index is 2.61. The zero-order chi connectivity index (χ0) is 14.4. The molecule has 1 amide bonds. The molecule has 0 spiro atoms. The number of carbonyl (C=O) groups is 1. The molecule has 0 radical (unpaired) electrons. The van der Waals surface area contributed by atoms with E-state index in [-0.39, 0.29) is 11.8 Å². The number of hydrogen-bond donors (Lipinski definition) is 1. The highest BCUT2D eigenvalue weighted by molar-refractivity contribution is 5.78. The van der Waals surface area contributed by atoms with Crippen LogP contribution in [0.3, 0.4) is 0 Å². The number of amides is 1. The molecule has 19 heavy (non-hydrogen) atoms. The molecule has 112 valence electrons. The Morgan fingerprint density at radius 3 is 2.47 bits per heavy atom. The summed E-state index contributed by atoms with van der Waals surface area (Å²) in [6.07, 6.45) is 4.85. The lowest BCUT2D eigenvalue weighted by Gasteiger charge is -2.41. The van der Waals surface area contributed by atoms with Crippen LogP contribution >= 0.6 is 0 Å². The van der Waals surface area contributed by atoms with Crippen LogP contribution in [0.25, 0.3) is 0 Å². The molecular formula is C16H32N2O. The fraction of sp³-hybridized carbons (Fsp3) is 0.938. The average molecular weight is 268 g/mol. The van der Waals surface area contributed by atoms with Gasteiger partial charge in [-0.2, -0.15) is 0 Å². The third-order valence-corrected chi connectivity index (χ3v) is 4.35. The van der Waals surface area contributed by atoms with Gasteiger partial charge < -0.3 is 5.32 Å². The molecule has 0 saturated carbocycles. The average Bonchev–Trinajstić information content (AvgIpc) is 2.37. The Morgan fingerprint density at radius 2 is 1.95 bits per heavy atom. The molecule has 1 aliphatic rings. The highest BCUT2D eigenvalue weighted by Gasteiger charge is 2.29. The van der Waals surface area contributed by atoms with Crippen LogP contribution in [-0.4, -0.2) is 36.0 Å². The molecule has 0 aromatic heterocycles. The summed E-state index contributed by atoms with van der Waals surface area (Å²) in [4.78, 5) is 14.5. The molecule has 3 unspecified atom stereocenters. The van der Waals surface area contributed by atoms with Gasteiger partial charge in [-0.15, -0.1) is 0 Å². The van der Waals surface area contributed by atoms with Crippen molar-refractivity contribution in [2.24, 2.45) is 11.8 Å². The predicted molar refractivity (Wildman–Crippen MR) is 81.1 cm³/mol. The second-order valence-corrected chi connectivity index (χ2v) is 6.46. The molecule has 3 atom stereocenters.